The molecule has 0 saturated carbocycles. The molecule has 2 rings (SSSR count). The molecule has 108 valence electrons. The zero-order valence-corrected chi connectivity index (χ0v) is 12.2. The van der Waals surface area contributed by atoms with Gasteiger partial charge < -0.3 is 5.32 Å². The number of rotatable bonds is 4. The molecule has 1 heterocycles. The molecule has 1 aromatic carbocycles. The Hall–Kier alpha value is -1.04. The van der Waals surface area contributed by atoms with Crippen LogP contribution in [0.25, 0.3) is 0 Å². The molecule has 0 aliphatic rings. The van der Waals surface area contributed by atoms with E-state index in [2.05, 4.69) is 5.32 Å². The van der Waals surface area contributed by atoms with Crippen LogP contribution >= 0.6 is 22.9 Å². The lowest BCUT2D eigenvalue weighted by molar-refractivity contribution is -0.137. The highest BCUT2D eigenvalue weighted by molar-refractivity contribution is 7.16. The Labute approximate surface area is 124 Å². The van der Waals surface area contributed by atoms with Crippen molar-refractivity contribution in [1.29, 1.82) is 0 Å². The molecule has 0 bridgehead atoms. The number of hydrogen-bond acceptors (Lipinski definition) is 2. The van der Waals surface area contributed by atoms with Crippen LogP contribution in [0.3, 0.4) is 0 Å². The van der Waals surface area contributed by atoms with E-state index in [1.807, 2.05) is 12.1 Å². The monoisotopic (exact) mass is 319 g/mol. The highest BCUT2D eigenvalue weighted by Gasteiger charge is 2.30. The Morgan fingerprint density at radius 1 is 1.15 bits per heavy atom. The molecular weight excluding hydrogens is 307 g/mol. The van der Waals surface area contributed by atoms with Crippen LogP contribution in [0.15, 0.2) is 36.4 Å². The van der Waals surface area contributed by atoms with Gasteiger partial charge in [0.05, 0.1) is 9.90 Å². The quantitative estimate of drug-likeness (QED) is 0.843. The molecule has 0 aliphatic carbocycles. The summed E-state index contributed by atoms with van der Waals surface area (Å²) < 4.78 is 38.3. The van der Waals surface area contributed by atoms with E-state index in [4.69, 9.17) is 11.6 Å². The molecule has 0 amide bonds. The van der Waals surface area contributed by atoms with Gasteiger partial charge in [0.25, 0.3) is 0 Å². The molecule has 6 heteroatoms. The molecule has 2 aromatic rings. The van der Waals surface area contributed by atoms with E-state index in [1.165, 1.54) is 23.5 Å². The summed E-state index contributed by atoms with van der Waals surface area (Å²) >= 11 is 7.36. The van der Waals surface area contributed by atoms with E-state index in [1.54, 1.807) is 7.05 Å². The van der Waals surface area contributed by atoms with Crippen molar-refractivity contribution in [2.24, 2.45) is 0 Å². The van der Waals surface area contributed by atoms with Gasteiger partial charge in [0.15, 0.2) is 0 Å². The molecule has 0 fully saturated rings. The van der Waals surface area contributed by atoms with E-state index in [-0.39, 0.29) is 6.04 Å². The average Bonchev–Trinajstić information content (AvgIpc) is 2.81. The highest BCUT2D eigenvalue weighted by Crippen LogP contribution is 2.31. The Balaban J connectivity index is 2.15. The molecule has 0 radical (unpaired) electrons. The maximum absolute atomic E-state index is 12.5. The van der Waals surface area contributed by atoms with Gasteiger partial charge in [-0.2, -0.15) is 13.2 Å². The van der Waals surface area contributed by atoms with Crippen molar-refractivity contribution in [3.05, 3.63) is 56.7 Å². The first-order chi connectivity index (χ1) is 9.40. The van der Waals surface area contributed by atoms with Crippen LogP contribution in [-0.4, -0.2) is 7.05 Å². The summed E-state index contributed by atoms with van der Waals surface area (Å²) in [5.41, 5.74) is 0.195. The second kappa shape index (κ2) is 6.16. The fourth-order valence-electron chi connectivity index (χ4n) is 1.95. The summed E-state index contributed by atoms with van der Waals surface area (Å²) in [7, 11) is 1.79. The first kappa shape index (κ1) is 15.4. The number of hydrogen-bond donors (Lipinski definition) is 1. The molecular formula is C14H13ClF3NS. The molecule has 1 aromatic heterocycles. The number of likely N-dealkylation sites (N-methyl/N-ethyl adjacent to an activating group) is 1. The molecule has 1 atom stereocenters. The molecule has 1 N–H and O–H groups in total. The van der Waals surface area contributed by atoms with E-state index in [0.29, 0.717) is 10.8 Å². The predicted octanol–water partition coefficient (Wildman–Crippen LogP) is 4.92. The third-order valence-electron chi connectivity index (χ3n) is 3.02. The van der Waals surface area contributed by atoms with Crippen LogP contribution < -0.4 is 5.32 Å². The van der Waals surface area contributed by atoms with Gasteiger partial charge in [-0.3, -0.25) is 0 Å². The van der Waals surface area contributed by atoms with Crippen molar-refractivity contribution >= 4 is 22.9 Å². The van der Waals surface area contributed by atoms with Crippen molar-refractivity contribution in [3.8, 4) is 0 Å². The summed E-state index contributed by atoms with van der Waals surface area (Å²) in [6.07, 6.45) is -3.60. The van der Waals surface area contributed by atoms with E-state index in [0.717, 1.165) is 22.6 Å². The molecule has 0 aliphatic heterocycles. The van der Waals surface area contributed by atoms with Crippen molar-refractivity contribution in [2.45, 2.75) is 18.6 Å². The van der Waals surface area contributed by atoms with Gasteiger partial charge >= 0.3 is 6.18 Å². The second-order valence-corrected chi connectivity index (χ2v) is 6.17. The zero-order chi connectivity index (χ0) is 14.8. The minimum absolute atomic E-state index is 0.0352. The highest BCUT2D eigenvalue weighted by atomic mass is 35.5. The van der Waals surface area contributed by atoms with Gasteiger partial charge in [0.2, 0.25) is 0 Å². The summed E-state index contributed by atoms with van der Waals surface area (Å²) in [4.78, 5) is 1.09. The summed E-state index contributed by atoms with van der Waals surface area (Å²) in [6.45, 7) is 0. The zero-order valence-electron chi connectivity index (χ0n) is 10.7. The summed E-state index contributed by atoms with van der Waals surface area (Å²) in [5.74, 6) is 0. The maximum Gasteiger partial charge on any atom is 0.416 e. The minimum Gasteiger partial charge on any atom is -0.313 e. The van der Waals surface area contributed by atoms with Crippen LogP contribution in [0.2, 0.25) is 4.34 Å². The predicted molar refractivity (Wildman–Crippen MR) is 76.3 cm³/mol. The van der Waals surface area contributed by atoms with Gasteiger partial charge in [-0.25, -0.2) is 0 Å². The summed E-state index contributed by atoms with van der Waals surface area (Å²) in [6, 6.07) is 8.97. The third kappa shape index (κ3) is 3.75. The lowest BCUT2D eigenvalue weighted by atomic mass is 10.0. The van der Waals surface area contributed by atoms with Crippen LogP contribution in [0, 0.1) is 0 Å². The fourth-order valence-corrected chi connectivity index (χ4v) is 3.09. The SMILES string of the molecule is CNC(Cc1ccc(Cl)s1)c1ccc(C(F)(F)F)cc1. The Bertz CT molecular complexity index is 563. The number of thiophene rings is 1. The Morgan fingerprint density at radius 2 is 1.80 bits per heavy atom. The first-order valence-corrected chi connectivity index (χ1v) is 7.18. The van der Waals surface area contributed by atoms with Crippen LogP contribution in [-0.2, 0) is 12.6 Å². The van der Waals surface area contributed by atoms with Gasteiger partial charge in [0.1, 0.15) is 0 Å². The fraction of sp³-hybridized carbons (Fsp3) is 0.286. The second-order valence-electron chi connectivity index (χ2n) is 4.37. The van der Waals surface area contributed by atoms with Crippen molar-refractivity contribution in [3.63, 3.8) is 0 Å². The lowest BCUT2D eigenvalue weighted by Gasteiger charge is -2.16. The van der Waals surface area contributed by atoms with E-state index >= 15 is 0 Å². The first-order valence-electron chi connectivity index (χ1n) is 5.99. The Kier molecular flexibility index (Phi) is 4.73. The Morgan fingerprint density at radius 3 is 2.25 bits per heavy atom. The normalized spacial score (nSPS) is 13.4. The maximum atomic E-state index is 12.5. The van der Waals surface area contributed by atoms with Gasteiger partial charge in [0, 0.05) is 17.3 Å². The average molecular weight is 320 g/mol. The van der Waals surface area contributed by atoms with Crippen LogP contribution in [0.1, 0.15) is 22.0 Å². The number of benzene rings is 1. The smallest absolute Gasteiger partial charge is 0.313 e. The third-order valence-corrected chi connectivity index (χ3v) is 4.28. The van der Waals surface area contributed by atoms with E-state index in [9.17, 15) is 13.2 Å². The van der Waals surface area contributed by atoms with E-state index < -0.39 is 11.7 Å². The van der Waals surface area contributed by atoms with Gasteiger partial charge in [-0.05, 0) is 36.9 Å². The largest absolute Gasteiger partial charge is 0.416 e. The molecule has 1 unspecified atom stereocenters. The topological polar surface area (TPSA) is 12.0 Å². The number of halogens is 4. The summed E-state index contributed by atoms with van der Waals surface area (Å²) in [5, 5.41) is 3.12. The number of nitrogens with one attached hydrogen (secondary N) is 1. The van der Waals surface area contributed by atoms with Crippen molar-refractivity contribution in [2.75, 3.05) is 7.05 Å². The lowest BCUT2D eigenvalue weighted by Crippen LogP contribution is -2.18. The van der Waals surface area contributed by atoms with Crippen molar-refractivity contribution < 1.29 is 13.2 Å². The van der Waals surface area contributed by atoms with Gasteiger partial charge in [-0.15, -0.1) is 11.3 Å². The molecule has 0 spiro atoms. The standard InChI is InChI=1S/C14H13ClF3NS/c1-19-12(8-11-6-7-13(15)20-11)9-2-4-10(5-3-9)14(16,17)18/h2-7,12,19H,8H2,1H3. The molecule has 0 saturated heterocycles. The molecule has 1 nitrogen and oxygen atoms in total. The minimum atomic E-state index is -4.30. The van der Waals surface area contributed by atoms with Gasteiger partial charge in [-0.1, -0.05) is 23.7 Å². The van der Waals surface area contributed by atoms with Crippen molar-refractivity contribution in [1.82, 2.24) is 5.32 Å². The molecule has 20 heavy (non-hydrogen) atoms. The van der Waals surface area contributed by atoms with Crippen LogP contribution in [0.5, 0.6) is 0 Å². The van der Waals surface area contributed by atoms with Crippen LogP contribution in [0.4, 0.5) is 13.2 Å². The number of alkyl halides is 3.